The van der Waals surface area contributed by atoms with E-state index in [0.29, 0.717) is 36.9 Å². The van der Waals surface area contributed by atoms with E-state index in [-0.39, 0.29) is 17.5 Å². The zero-order chi connectivity index (χ0) is 18.5. The second-order valence-corrected chi connectivity index (χ2v) is 5.80. The monoisotopic (exact) mass is 356 g/mol. The zero-order valence-corrected chi connectivity index (χ0v) is 14.3. The first-order chi connectivity index (χ1) is 12.6. The number of hydrogen-bond acceptors (Lipinski definition) is 7. The van der Waals surface area contributed by atoms with Crippen LogP contribution in [0.2, 0.25) is 0 Å². The lowest BCUT2D eigenvalue weighted by atomic mass is 10.1. The third-order valence-corrected chi connectivity index (χ3v) is 4.00. The van der Waals surface area contributed by atoms with Crippen LogP contribution < -0.4 is 21.3 Å². The third-order valence-electron chi connectivity index (χ3n) is 4.00. The van der Waals surface area contributed by atoms with Crippen LogP contribution in [0.5, 0.6) is 5.88 Å². The summed E-state index contributed by atoms with van der Waals surface area (Å²) >= 11 is 0. The highest BCUT2D eigenvalue weighted by atomic mass is 16.5. The number of aromatic amines is 1. The molecule has 2 aromatic heterocycles. The Bertz CT molecular complexity index is 873. The van der Waals surface area contributed by atoms with Crippen molar-refractivity contribution in [3.8, 4) is 17.1 Å². The molecule has 4 N–H and O–H groups in total. The molecule has 2 aromatic rings. The van der Waals surface area contributed by atoms with Gasteiger partial charge in [-0.05, 0) is 6.07 Å². The number of methoxy groups -OCH3 is 1. The summed E-state index contributed by atoms with van der Waals surface area (Å²) in [4.78, 5) is 36.4. The fourth-order valence-corrected chi connectivity index (χ4v) is 2.59. The van der Waals surface area contributed by atoms with Crippen LogP contribution in [-0.2, 0) is 4.79 Å². The molecule has 0 spiro atoms. The maximum Gasteiger partial charge on any atom is 0.271 e. The van der Waals surface area contributed by atoms with Crippen molar-refractivity contribution in [1.82, 2.24) is 19.9 Å². The van der Waals surface area contributed by atoms with Crippen LogP contribution in [0.25, 0.3) is 11.3 Å². The highest BCUT2D eigenvalue weighted by molar-refractivity contribution is 5.88. The molecule has 9 heteroatoms. The van der Waals surface area contributed by atoms with Crippen molar-refractivity contribution in [2.75, 3.05) is 32.1 Å². The molecular formula is C17H20N6O3. The van der Waals surface area contributed by atoms with Gasteiger partial charge in [0.2, 0.25) is 11.8 Å². The fourth-order valence-electron chi connectivity index (χ4n) is 2.59. The molecular weight excluding hydrogens is 336 g/mol. The second kappa shape index (κ2) is 7.79. The van der Waals surface area contributed by atoms with Gasteiger partial charge in [0, 0.05) is 43.5 Å². The summed E-state index contributed by atoms with van der Waals surface area (Å²) in [6.07, 6.45) is 6.07. The Hall–Kier alpha value is -3.20. The Kier molecular flexibility index (Phi) is 5.28. The number of carbonyl (C=O) groups is 1. The number of ether oxygens (including phenoxy) is 1. The van der Waals surface area contributed by atoms with Gasteiger partial charge in [0.1, 0.15) is 12.0 Å². The Labute approximate surface area is 149 Å². The largest absolute Gasteiger partial charge is 0.481 e. The van der Waals surface area contributed by atoms with Crippen LogP contribution >= 0.6 is 0 Å². The number of hydrogen-bond donors (Lipinski definition) is 3. The molecule has 0 saturated carbocycles. The lowest BCUT2D eigenvalue weighted by molar-refractivity contribution is -0.129. The van der Waals surface area contributed by atoms with E-state index in [0.717, 1.165) is 5.56 Å². The molecule has 1 fully saturated rings. The Morgan fingerprint density at radius 3 is 3.00 bits per heavy atom. The van der Waals surface area contributed by atoms with E-state index < -0.39 is 0 Å². The molecule has 0 atom stereocenters. The number of H-pyrrole nitrogens is 1. The van der Waals surface area contributed by atoms with Crippen molar-refractivity contribution in [3.63, 3.8) is 0 Å². The van der Waals surface area contributed by atoms with Crippen LogP contribution in [-0.4, -0.2) is 58.5 Å². The van der Waals surface area contributed by atoms with E-state index in [4.69, 9.17) is 10.5 Å². The Balaban J connectivity index is 1.69. The van der Waals surface area contributed by atoms with Gasteiger partial charge in [0.05, 0.1) is 18.8 Å². The van der Waals surface area contributed by atoms with Crippen molar-refractivity contribution >= 4 is 11.6 Å². The summed E-state index contributed by atoms with van der Waals surface area (Å²) in [6, 6.07) is 3.42. The van der Waals surface area contributed by atoms with Gasteiger partial charge in [-0.1, -0.05) is 6.08 Å². The molecule has 0 unspecified atom stereocenters. The van der Waals surface area contributed by atoms with Crippen LogP contribution in [0, 0.1) is 0 Å². The predicted molar refractivity (Wildman–Crippen MR) is 96.8 cm³/mol. The zero-order valence-electron chi connectivity index (χ0n) is 14.3. The number of amides is 1. The summed E-state index contributed by atoms with van der Waals surface area (Å²) in [6.45, 7) is 1.38. The quantitative estimate of drug-likeness (QED) is 0.621. The Morgan fingerprint density at radius 1 is 1.46 bits per heavy atom. The fraction of sp³-hybridized carbons (Fsp3) is 0.294. The van der Waals surface area contributed by atoms with Gasteiger partial charge in [0.15, 0.2) is 0 Å². The number of anilines is 1. The van der Waals surface area contributed by atoms with Crippen molar-refractivity contribution < 1.29 is 9.53 Å². The van der Waals surface area contributed by atoms with Crippen LogP contribution in [0.1, 0.15) is 0 Å². The molecule has 0 aliphatic carbocycles. The lowest BCUT2D eigenvalue weighted by Crippen LogP contribution is -2.57. The first-order valence-corrected chi connectivity index (χ1v) is 8.12. The van der Waals surface area contributed by atoms with Gasteiger partial charge in [-0.3, -0.25) is 9.59 Å². The SMILES string of the molecule is COc1cc(-c2c[nH]c(=O)c(NC3CN(C(=O)/C=C/CN)C3)c2)ncn1. The number of carbonyl (C=O) groups excluding carboxylic acids is 1. The molecule has 1 amide bonds. The van der Waals surface area contributed by atoms with Crippen LogP contribution in [0.4, 0.5) is 5.69 Å². The van der Waals surface area contributed by atoms with Crippen LogP contribution in [0.3, 0.4) is 0 Å². The molecule has 3 heterocycles. The van der Waals surface area contributed by atoms with Gasteiger partial charge >= 0.3 is 0 Å². The maximum absolute atomic E-state index is 12.1. The van der Waals surface area contributed by atoms with Crippen molar-refractivity contribution in [2.45, 2.75) is 6.04 Å². The molecule has 0 radical (unpaired) electrons. The summed E-state index contributed by atoms with van der Waals surface area (Å²) in [5.74, 6) is 0.360. The van der Waals surface area contributed by atoms with E-state index in [2.05, 4.69) is 20.3 Å². The first kappa shape index (κ1) is 17.6. The van der Waals surface area contributed by atoms with Gasteiger partial charge in [0.25, 0.3) is 5.56 Å². The molecule has 136 valence electrons. The normalized spacial score (nSPS) is 14.3. The molecule has 3 rings (SSSR count). The van der Waals surface area contributed by atoms with Crippen molar-refractivity contribution in [2.24, 2.45) is 5.73 Å². The standard InChI is InChI=1S/C17H20N6O3/c1-26-15-6-13(20-10-21-15)11-5-14(17(25)19-7-11)22-12-8-23(9-12)16(24)3-2-4-18/h2-3,5-7,10,12,22H,4,8-9,18H2,1H3,(H,19,25)/b3-2+. The molecule has 1 aliphatic heterocycles. The van der Waals surface area contributed by atoms with E-state index in [1.807, 2.05) is 0 Å². The summed E-state index contributed by atoms with van der Waals surface area (Å²) in [5, 5.41) is 3.17. The van der Waals surface area contributed by atoms with Gasteiger partial charge < -0.3 is 25.7 Å². The summed E-state index contributed by atoms with van der Waals surface area (Å²) in [5.41, 5.74) is 6.89. The third kappa shape index (κ3) is 3.89. The van der Waals surface area contributed by atoms with Gasteiger partial charge in [-0.15, -0.1) is 0 Å². The number of nitrogens with two attached hydrogens (primary N) is 1. The highest BCUT2D eigenvalue weighted by Crippen LogP contribution is 2.21. The number of aromatic nitrogens is 3. The molecule has 26 heavy (non-hydrogen) atoms. The lowest BCUT2D eigenvalue weighted by Gasteiger charge is -2.39. The van der Waals surface area contributed by atoms with Gasteiger partial charge in [-0.2, -0.15) is 0 Å². The molecule has 0 aromatic carbocycles. The van der Waals surface area contributed by atoms with E-state index >= 15 is 0 Å². The van der Waals surface area contributed by atoms with E-state index in [9.17, 15) is 9.59 Å². The highest BCUT2D eigenvalue weighted by Gasteiger charge is 2.29. The van der Waals surface area contributed by atoms with E-state index in [1.54, 1.807) is 29.3 Å². The Morgan fingerprint density at radius 2 is 2.27 bits per heavy atom. The topological polar surface area (TPSA) is 126 Å². The second-order valence-electron chi connectivity index (χ2n) is 5.80. The predicted octanol–water partition coefficient (Wildman–Crippen LogP) is -0.0219. The number of nitrogens with zero attached hydrogens (tertiary/aromatic N) is 3. The van der Waals surface area contributed by atoms with Crippen molar-refractivity contribution in [1.29, 1.82) is 0 Å². The number of pyridine rings is 1. The average molecular weight is 356 g/mol. The first-order valence-electron chi connectivity index (χ1n) is 8.12. The van der Waals surface area contributed by atoms with Gasteiger partial charge in [-0.25, -0.2) is 9.97 Å². The molecule has 1 saturated heterocycles. The molecule has 9 nitrogen and oxygen atoms in total. The smallest absolute Gasteiger partial charge is 0.271 e. The minimum atomic E-state index is -0.234. The molecule has 0 bridgehead atoms. The number of nitrogens with one attached hydrogen (secondary N) is 2. The minimum Gasteiger partial charge on any atom is -0.481 e. The summed E-state index contributed by atoms with van der Waals surface area (Å²) < 4.78 is 5.09. The summed E-state index contributed by atoms with van der Waals surface area (Å²) in [7, 11) is 1.53. The maximum atomic E-state index is 12.1. The minimum absolute atomic E-state index is 0.0153. The molecule has 1 aliphatic rings. The van der Waals surface area contributed by atoms with Crippen LogP contribution in [0.15, 0.2) is 41.6 Å². The average Bonchev–Trinajstić information content (AvgIpc) is 2.63. The number of likely N-dealkylation sites (tertiary alicyclic amines) is 1. The van der Waals surface area contributed by atoms with E-state index in [1.165, 1.54) is 19.5 Å². The van der Waals surface area contributed by atoms with Crippen molar-refractivity contribution in [3.05, 3.63) is 47.2 Å². The number of rotatable bonds is 6.